The van der Waals surface area contributed by atoms with Crippen LogP contribution in [0.2, 0.25) is 0 Å². The molecule has 1 N–H and O–H groups in total. The molecule has 94 valence electrons. The summed E-state index contributed by atoms with van der Waals surface area (Å²) < 4.78 is 0. The Morgan fingerprint density at radius 1 is 1.12 bits per heavy atom. The zero-order valence-corrected chi connectivity index (χ0v) is 11.3. The van der Waals surface area contributed by atoms with Gasteiger partial charge in [-0.25, -0.2) is 0 Å². The highest BCUT2D eigenvalue weighted by Gasteiger charge is 2.33. The van der Waals surface area contributed by atoms with Crippen LogP contribution in [0.5, 0.6) is 0 Å². The number of nitrogens with zero attached hydrogens (tertiary/aromatic N) is 1. The summed E-state index contributed by atoms with van der Waals surface area (Å²) in [5.41, 5.74) is 0.652. The molecule has 0 aromatic rings. The average Bonchev–Trinajstić information content (AvgIpc) is 2.17. The number of hydrogen-bond acceptors (Lipinski definition) is 2. The zero-order valence-electron chi connectivity index (χ0n) is 11.3. The maximum Gasteiger partial charge on any atom is 0.00533 e. The third-order valence-electron chi connectivity index (χ3n) is 4.49. The maximum atomic E-state index is 3.67. The smallest absolute Gasteiger partial charge is 0.00533 e. The minimum Gasteiger partial charge on any atom is -0.312 e. The molecular formula is C14H28N2. The highest BCUT2D eigenvalue weighted by molar-refractivity contribution is 4.87. The standard InChI is InChI=1S/C14H28N2/c1-12-5-9-16(10-6-13(2)15-12)11-14(3)7-4-8-14/h12-13,15H,4-11H2,1-3H3. The van der Waals surface area contributed by atoms with Gasteiger partial charge in [0.05, 0.1) is 0 Å². The molecule has 1 saturated heterocycles. The Morgan fingerprint density at radius 3 is 2.12 bits per heavy atom. The molecule has 0 bridgehead atoms. The van der Waals surface area contributed by atoms with Crippen molar-refractivity contribution in [2.24, 2.45) is 5.41 Å². The van der Waals surface area contributed by atoms with Crippen molar-refractivity contribution in [1.82, 2.24) is 10.2 Å². The van der Waals surface area contributed by atoms with Crippen molar-refractivity contribution in [1.29, 1.82) is 0 Å². The van der Waals surface area contributed by atoms with Crippen molar-refractivity contribution in [2.75, 3.05) is 19.6 Å². The van der Waals surface area contributed by atoms with Crippen molar-refractivity contribution >= 4 is 0 Å². The second-order valence-corrected chi connectivity index (χ2v) is 6.49. The van der Waals surface area contributed by atoms with Crippen LogP contribution in [0.4, 0.5) is 0 Å². The zero-order chi connectivity index (χ0) is 11.6. The lowest BCUT2D eigenvalue weighted by Gasteiger charge is -2.43. The van der Waals surface area contributed by atoms with Crippen molar-refractivity contribution in [3.05, 3.63) is 0 Å². The van der Waals surface area contributed by atoms with E-state index >= 15 is 0 Å². The average molecular weight is 224 g/mol. The molecule has 2 nitrogen and oxygen atoms in total. The molecule has 1 aliphatic carbocycles. The molecule has 0 spiro atoms. The Balaban J connectivity index is 1.83. The molecular weight excluding hydrogens is 196 g/mol. The van der Waals surface area contributed by atoms with Gasteiger partial charge in [-0.15, -0.1) is 0 Å². The van der Waals surface area contributed by atoms with Gasteiger partial charge in [0.15, 0.2) is 0 Å². The summed E-state index contributed by atoms with van der Waals surface area (Å²) in [7, 11) is 0. The highest BCUT2D eigenvalue weighted by atomic mass is 15.1. The second kappa shape index (κ2) is 5.05. The molecule has 0 aromatic carbocycles. The summed E-state index contributed by atoms with van der Waals surface area (Å²) in [6.45, 7) is 11.0. The largest absolute Gasteiger partial charge is 0.312 e. The van der Waals surface area contributed by atoms with E-state index in [9.17, 15) is 0 Å². The van der Waals surface area contributed by atoms with Crippen LogP contribution in [0.25, 0.3) is 0 Å². The van der Waals surface area contributed by atoms with E-state index in [0.29, 0.717) is 17.5 Å². The number of nitrogens with one attached hydrogen (secondary N) is 1. The Bertz CT molecular complexity index is 211. The molecule has 0 aromatic heterocycles. The molecule has 16 heavy (non-hydrogen) atoms. The molecule has 1 aliphatic heterocycles. The Hall–Kier alpha value is -0.0800. The van der Waals surface area contributed by atoms with E-state index in [0.717, 1.165) is 0 Å². The van der Waals surface area contributed by atoms with Crippen LogP contribution in [0.15, 0.2) is 0 Å². The van der Waals surface area contributed by atoms with E-state index in [1.165, 1.54) is 51.7 Å². The van der Waals surface area contributed by atoms with E-state index < -0.39 is 0 Å². The Kier molecular flexibility index (Phi) is 3.91. The maximum absolute atomic E-state index is 3.67. The predicted octanol–water partition coefficient (Wildman–Crippen LogP) is 2.64. The molecule has 2 fully saturated rings. The summed E-state index contributed by atoms with van der Waals surface area (Å²) in [5, 5.41) is 3.67. The monoisotopic (exact) mass is 224 g/mol. The SMILES string of the molecule is CC1CCN(CC2(C)CCC2)CCC(C)N1. The van der Waals surface area contributed by atoms with E-state index in [1.54, 1.807) is 0 Å². The van der Waals surface area contributed by atoms with Gasteiger partial charge < -0.3 is 10.2 Å². The molecule has 2 atom stereocenters. The van der Waals surface area contributed by atoms with E-state index in [4.69, 9.17) is 0 Å². The molecule has 2 unspecified atom stereocenters. The van der Waals surface area contributed by atoms with Gasteiger partial charge >= 0.3 is 0 Å². The molecule has 0 radical (unpaired) electrons. The van der Waals surface area contributed by atoms with Crippen molar-refractivity contribution in [2.45, 2.75) is 65.0 Å². The van der Waals surface area contributed by atoms with Crippen LogP contribution in [-0.2, 0) is 0 Å². The summed E-state index contributed by atoms with van der Waals surface area (Å²) in [5.74, 6) is 0. The second-order valence-electron chi connectivity index (χ2n) is 6.49. The molecule has 0 amide bonds. The van der Waals surface area contributed by atoms with Crippen LogP contribution in [-0.4, -0.2) is 36.6 Å². The quantitative estimate of drug-likeness (QED) is 0.776. The number of hydrogen-bond donors (Lipinski definition) is 1. The van der Waals surface area contributed by atoms with Gasteiger partial charge in [0, 0.05) is 18.6 Å². The molecule has 1 heterocycles. The molecule has 2 heteroatoms. The van der Waals surface area contributed by atoms with Gasteiger partial charge in [0.25, 0.3) is 0 Å². The lowest BCUT2D eigenvalue weighted by atomic mass is 9.70. The van der Waals surface area contributed by atoms with Crippen molar-refractivity contribution < 1.29 is 0 Å². The third kappa shape index (κ3) is 3.21. The first-order chi connectivity index (χ1) is 7.57. The summed E-state index contributed by atoms with van der Waals surface area (Å²) in [6.07, 6.45) is 6.97. The Labute approximate surface area is 101 Å². The van der Waals surface area contributed by atoms with Crippen molar-refractivity contribution in [3.63, 3.8) is 0 Å². The fourth-order valence-electron chi connectivity index (χ4n) is 3.15. The topological polar surface area (TPSA) is 15.3 Å². The van der Waals surface area contributed by atoms with E-state index in [2.05, 4.69) is 31.0 Å². The molecule has 2 rings (SSSR count). The van der Waals surface area contributed by atoms with Gasteiger partial charge in [-0.05, 0) is 58.0 Å². The van der Waals surface area contributed by atoms with Gasteiger partial charge in [0.1, 0.15) is 0 Å². The molecule has 2 aliphatic rings. The first kappa shape index (κ1) is 12.4. The normalized spacial score (nSPS) is 36.2. The Morgan fingerprint density at radius 2 is 1.69 bits per heavy atom. The minimum atomic E-state index is 0.652. The number of rotatable bonds is 2. The predicted molar refractivity (Wildman–Crippen MR) is 69.7 cm³/mol. The van der Waals surface area contributed by atoms with Gasteiger partial charge in [-0.2, -0.15) is 0 Å². The fraction of sp³-hybridized carbons (Fsp3) is 1.00. The van der Waals surface area contributed by atoms with E-state index in [1.807, 2.05) is 0 Å². The summed E-state index contributed by atoms with van der Waals surface area (Å²) in [6, 6.07) is 1.37. The van der Waals surface area contributed by atoms with Crippen LogP contribution < -0.4 is 5.32 Å². The summed E-state index contributed by atoms with van der Waals surface area (Å²) in [4.78, 5) is 2.72. The van der Waals surface area contributed by atoms with Gasteiger partial charge in [0.2, 0.25) is 0 Å². The van der Waals surface area contributed by atoms with Gasteiger partial charge in [-0.1, -0.05) is 13.3 Å². The van der Waals surface area contributed by atoms with Crippen LogP contribution in [0.3, 0.4) is 0 Å². The summed E-state index contributed by atoms with van der Waals surface area (Å²) >= 11 is 0. The first-order valence-electron chi connectivity index (χ1n) is 7.06. The molecule has 1 saturated carbocycles. The van der Waals surface area contributed by atoms with E-state index in [-0.39, 0.29) is 0 Å². The van der Waals surface area contributed by atoms with Crippen LogP contribution in [0, 0.1) is 5.41 Å². The minimum absolute atomic E-state index is 0.652. The first-order valence-corrected chi connectivity index (χ1v) is 7.06. The highest BCUT2D eigenvalue weighted by Crippen LogP contribution is 2.40. The fourth-order valence-corrected chi connectivity index (χ4v) is 3.15. The lowest BCUT2D eigenvalue weighted by molar-refractivity contribution is 0.0760. The third-order valence-corrected chi connectivity index (χ3v) is 4.49. The van der Waals surface area contributed by atoms with Crippen molar-refractivity contribution in [3.8, 4) is 0 Å². The lowest BCUT2D eigenvalue weighted by Crippen LogP contribution is -2.47. The van der Waals surface area contributed by atoms with Gasteiger partial charge in [-0.3, -0.25) is 0 Å². The van der Waals surface area contributed by atoms with Crippen LogP contribution >= 0.6 is 0 Å². The van der Waals surface area contributed by atoms with Crippen LogP contribution in [0.1, 0.15) is 52.9 Å².